The minimum absolute atomic E-state index is 0.00466. The summed E-state index contributed by atoms with van der Waals surface area (Å²) in [5.41, 5.74) is 6.31. The van der Waals surface area contributed by atoms with E-state index in [-0.39, 0.29) is 36.2 Å². The molecule has 0 bridgehead atoms. The third-order valence-corrected chi connectivity index (χ3v) is 6.27. The van der Waals surface area contributed by atoms with E-state index in [9.17, 15) is 9.59 Å². The first kappa shape index (κ1) is 24.9. The van der Waals surface area contributed by atoms with Gasteiger partial charge in [-0.05, 0) is 59.4 Å². The summed E-state index contributed by atoms with van der Waals surface area (Å²) in [4.78, 5) is 23.0. The Morgan fingerprint density at radius 3 is 1.60 bits per heavy atom. The zero-order valence-electron chi connectivity index (χ0n) is 20.2. The molecule has 7 nitrogen and oxygen atoms in total. The van der Waals surface area contributed by atoms with Gasteiger partial charge in [-0.2, -0.15) is 0 Å². The van der Waals surface area contributed by atoms with Crippen molar-refractivity contribution in [2.75, 3.05) is 13.2 Å². The Balaban J connectivity index is 1.52. The van der Waals surface area contributed by atoms with E-state index in [1.54, 1.807) is 0 Å². The number of nitrogens with one attached hydrogen (secondary N) is 2. The molecule has 0 spiro atoms. The van der Waals surface area contributed by atoms with Crippen LogP contribution < -0.4 is 10.6 Å². The molecular weight excluding hydrogens is 444 g/mol. The first-order chi connectivity index (χ1) is 16.9. The molecule has 2 N–H and O–H groups in total. The van der Waals surface area contributed by atoms with Gasteiger partial charge in [-0.15, -0.1) is 0 Å². The molecule has 7 heteroatoms. The van der Waals surface area contributed by atoms with E-state index in [0.717, 1.165) is 33.4 Å². The zero-order chi connectivity index (χ0) is 24.9. The molecule has 2 aliphatic rings. The summed E-state index contributed by atoms with van der Waals surface area (Å²) in [5, 5.41) is 5.62. The fraction of sp³-hybridized carbons (Fsp3) is 0.357. The summed E-state index contributed by atoms with van der Waals surface area (Å²) in [6.45, 7) is 13.2. The van der Waals surface area contributed by atoms with Gasteiger partial charge in [0.1, 0.15) is 24.4 Å². The van der Waals surface area contributed by atoms with Crippen LogP contribution in [0.25, 0.3) is 0 Å². The first-order valence-corrected chi connectivity index (χ1v) is 11.8. The van der Waals surface area contributed by atoms with Gasteiger partial charge in [-0.25, -0.2) is 0 Å². The van der Waals surface area contributed by atoms with E-state index >= 15 is 0 Å². The highest BCUT2D eigenvalue weighted by Gasteiger charge is 2.42. The largest absolute Gasteiger partial charge is 0.370 e. The molecule has 0 aliphatic carbocycles. The molecule has 0 saturated carbocycles. The molecule has 2 aliphatic heterocycles. The summed E-state index contributed by atoms with van der Waals surface area (Å²) in [5.74, 6) is -0.396. The third kappa shape index (κ3) is 6.45. The number of hydrogen-bond donors (Lipinski definition) is 2. The number of epoxide rings is 2. The number of aryl methyl sites for hydroxylation is 2. The summed E-state index contributed by atoms with van der Waals surface area (Å²) in [6.07, 6.45) is 2.06. The van der Waals surface area contributed by atoms with E-state index in [4.69, 9.17) is 14.2 Å². The van der Waals surface area contributed by atoms with Crippen molar-refractivity contribution in [3.8, 4) is 0 Å². The molecule has 2 saturated heterocycles. The van der Waals surface area contributed by atoms with Gasteiger partial charge in [0, 0.05) is 13.1 Å². The van der Waals surface area contributed by atoms with Crippen LogP contribution in [0, 0.1) is 13.8 Å². The Hall–Kier alpha value is -3.26. The topological polar surface area (TPSA) is 92.5 Å². The standard InChI is InChI=1S/C28H32N2O5/c1-5-25(31)29-13-19-7-9-21(17(3)11-19)27(23-15-33-23)35-28(24-16-34-24)22-10-8-20(12-18(22)4)14-30-26(32)6-2/h5-12,23-24,27-28H,1-2,13-16H2,3-4H3,(H,29,31)(H,30,32). The Kier molecular flexibility index (Phi) is 7.80. The fourth-order valence-corrected chi connectivity index (χ4v) is 4.20. The average Bonchev–Trinajstić information content (AvgIpc) is 3.76. The lowest BCUT2D eigenvalue weighted by atomic mass is 9.96. The Bertz CT molecular complexity index is 1030. The van der Waals surface area contributed by atoms with Crippen LogP contribution in [0.4, 0.5) is 0 Å². The van der Waals surface area contributed by atoms with Crippen LogP contribution in [0.3, 0.4) is 0 Å². The van der Waals surface area contributed by atoms with Crippen LogP contribution >= 0.6 is 0 Å². The van der Waals surface area contributed by atoms with Crippen LogP contribution in [0.2, 0.25) is 0 Å². The first-order valence-electron chi connectivity index (χ1n) is 11.8. The highest BCUT2D eigenvalue weighted by Crippen LogP contribution is 2.42. The van der Waals surface area contributed by atoms with Crippen LogP contribution in [-0.4, -0.2) is 37.2 Å². The minimum Gasteiger partial charge on any atom is -0.370 e. The highest BCUT2D eigenvalue weighted by molar-refractivity contribution is 5.87. The number of amides is 2. The smallest absolute Gasteiger partial charge is 0.243 e. The zero-order valence-corrected chi connectivity index (χ0v) is 20.2. The lowest BCUT2D eigenvalue weighted by molar-refractivity contribution is -0.117. The summed E-state index contributed by atoms with van der Waals surface area (Å²) in [6, 6.07) is 12.3. The van der Waals surface area contributed by atoms with Crippen molar-refractivity contribution >= 4 is 11.8 Å². The van der Waals surface area contributed by atoms with Crippen molar-refractivity contribution in [1.82, 2.24) is 10.6 Å². The second-order valence-corrected chi connectivity index (χ2v) is 8.95. The van der Waals surface area contributed by atoms with Crippen molar-refractivity contribution in [3.63, 3.8) is 0 Å². The molecule has 2 amide bonds. The predicted molar refractivity (Wildman–Crippen MR) is 132 cm³/mol. The summed E-state index contributed by atoms with van der Waals surface area (Å²) in [7, 11) is 0. The molecule has 4 atom stereocenters. The van der Waals surface area contributed by atoms with Gasteiger partial charge in [0.15, 0.2) is 0 Å². The van der Waals surface area contributed by atoms with Crippen molar-refractivity contribution in [3.05, 3.63) is 95.1 Å². The van der Waals surface area contributed by atoms with Gasteiger partial charge in [-0.3, -0.25) is 9.59 Å². The number of rotatable bonds is 12. The number of carbonyl (C=O) groups excluding carboxylic acids is 2. The van der Waals surface area contributed by atoms with Gasteiger partial charge < -0.3 is 24.8 Å². The van der Waals surface area contributed by atoms with Gasteiger partial charge in [0.2, 0.25) is 11.8 Å². The number of hydrogen-bond acceptors (Lipinski definition) is 5. The third-order valence-electron chi connectivity index (χ3n) is 6.27. The van der Waals surface area contributed by atoms with E-state index in [1.165, 1.54) is 12.2 Å². The number of benzene rings is 2. The molecule has 4 rings (SSSR count). The van der Waals surface area contributed by atoms with E-state index in [2.05, 4.69) is 48.1 Å². The lowest BCUT2D eigenvalue weighted by Crippen LogP contribution is -2.22. The van der Waals surface area contributed by atoms with Crippen molar-refractivity contribution in [2.45, 2.75) is 51.4 Å². The molecule has 2 heterocycles. The fourth-order valence-electron chi connectivity index (χ4n) is 4.20. The van der Waals surface area contributed by atoms with Crippen LogP contribution in [0.15, 0.2) is 61.7 Å². The van der Waals surface area contributed by atoms with Crippen molar-refractivity contribution in [1.29, 1.82) is 0 Å². The second-order valence-electron chi connectivity index (χ2n) is 8.95. The van der Waals surface area contributed by atoms with E-state index in [0.29, 0.717) is 26.3 Å². The van der Waals surface area contributed by atoms with Gasteiger partial charge in [0.05, 0.1) is 13.2 Å². The molecule has 35 heavy (non-hydrogen) atoms. The SMILES string of the molecule is C=CC(=O)NCc1ccc(C(OC(c2ccc(CNC(=O)C=C)cc2C)C2CO2)C2CO2)c(C)c1. The van der Waals surface area contributed by atoms with E-state index < -0.39 is 0 Å². The molecule has 0 radical (unpaired) electrons. The monoisotopic (exact) mass is 476 g/mol. The Labute approximate surface area is 206 Å². The van der Waals surface area contributed by atoms with Gasteiger partial charge in [0.25, 0.3) is 0 Å². The maximum Gasteiger partial charge on any atom is 0.243 e. The minimum atomic E-state index is -0.230. The van der Waals surface area contributed by atoms with E-state index in [1.807, 2.05) is 26.0 Å². The molecule has 0 aromatic heterocycles. The molecule has 184 valence electrons. The number of ether oxygens (including phenoxy) is 3. The predicted octanol–water partition coefficient (Wildman–Crippen LogP) is 3.50. The second kappa shape index (κ2) is 11.0. The summed E-state index contributed by atoms with van der Waals surface area (Å²) < 4.78 is 18.1. The van der Waals surface area contributed by atoms with Crippen LogP contribution in [0.1, 0.15) is 45.6 Å². The molecule has 4 unspecified atom stereocenters. The van der Waals surface area contributed by atoms with Crippen LogP contribution in [0.5, 0.6) is 0 Å². The van der Waals surface area contributed by atoms with Crippen molar-refractivity contribution in [2.24, 2.45) is 0 Å². The Morgan fingerprint density at radius 2 is 1.29 bits per heavy atom. The Morgan fingerprint density at radius 1 is 0.886 bits per heavy atom. The average molecular weight is 477 g/mol. The molecular formula is C28H32N2O5. The molecule has 2 aromatic rings. The summed E-state index contributed by atoms with van der Waals surface area (Å²) >= 11 is 0. The highest BCUT2D eigenvalue weighted by atomic mass is 16.6. The maximum atomic E-state index is 11.5. The lowest BCUT2D eigenvalue weighted by Gasteiger charge is -2.26. The van der Waals surface area contributed by atoms with Crippen molar-refractivity contribution < 1.29 is 23.8 Å². The van der Waals surface area contributed by atoms with Crippen LogP contribution in [-0.2, 0) is 36.9 Å². The maximum absolute atomic E-state index is 11.5. The van der Waals surface area contributed by atoms with Gasteiger partial charge in [-0.1, -0.05) is 49.6 Å². The molecule has 2 fully saturated rings. The quantitative estimate of drug-likeness (QED) is 0.361. The normalized spacial score (nSPS) is 19.8. The van der Waals surface area contributed by atoms with Gasteiger partial charge >= 0.3 is 0 Å². The number of carbonyl (C=O) groups is 2. The molecule has 2 aromatic carbocycles.